The summed E-state index contributed by atoms with van der Waals surface area (Å²) in [5.74, 6) is -0.181. The molecular weight excluding hydrogens is 346 g/mol. The Labute approximate surface area is 154 Å². The maximum Gasteiger partial charge on any atom is 0.364 e. The Morgan fingerprint density at radius 2 is 1.93 bits per heavy atom. The van der Waals surface area contributed by atoms with Crippen molar-refractivity contribution in [2.45, 2.75) is 19.4 Å². The van der Waals surface area contributed by atoms with Crippen molar-refractivity contribution < 1.29 is 19.1 Å². The van der Waals surface area contributed by atoms with E-state index in [1.807, 2.05) is 26.0 Å². The molecular formula is C21H17NO5. The number of para-hydroxylation sites is 1. The van der Waals surface area contributed by atoms with Crippen molar-refractivity contribution in [3.8, 4) is 11.5 Å². The summed E-state index contributed by atoms with van der Waals surface area (Å²) in [7, 11) is 0. The smallest absolute Gasteiger partial charge is 0.364 e. The van der Waals surface area contributed by atoms with Gasteiger partial charge in [0.2, 0.25) is 0 Å². The number of rotatable bonds is 2. The number of nitrogens with one attached hydrogen (secondary N) is 1. The molecule has 3 aromatic rings. The minimum atomic E-state index is -0.817. The van der Waals surface area contributed by atoms with E-state index in [-0.39, 0.29) is 17.0 Å². The first kappa shape index (κ1) is 16.9. The van der Waals surface area contributed by atoms with E-state index in [1.165, 1.54) is 0 Å². The standard InChI is InChI=1S/C21H17NO5/c1-21(2)10-9-12-11-13(7-8-15(12)27-21)19(24)22-17-18(23)14-5-3-4-6-16(14)26-20(17)25/h3-11,23H,1-2H3,(H,22,24). The van der Waals surface area contributed by atoms with Crippen LogP contribution in [0, 0.1) is 0 Å². The lowest BCUT2D eigenvalue weighted by atomic mass is 10.0. The molecule has 2 heterocycles. The predicted octanol–water partition coefficient (Wildman–Crippen LogP) is 3.94. The van der Waals surface area contributed by atoms with Gasteiger partial charge in [-0.2, -0.15) is 0 Å². The number of amides is 1. The molecule has 27 heavy (non-hydrogen) atoms. The third kappa shape index (κ3) is 3.06. The molecule has 0 saturated heterocycles. The van der Waals surface area contributed by atoms with Gasteiger partial charge in [-0.1, -0.05) is 18.2 Å². The number of ether oxygens (including phenoxy) is 1. The molecule has 1 aliphatic rings. The van der Waals surface area contributed by atoms with E-state index in [9.17, 15) is 14.7 Å². The van der Waals surface area contributed by atoms with E-state index in [0.717, 1.165) is 5.56 Å². The van der Waals surface area contributed by atoms with Gasteiger partial charge < -0.3 is 19.6 Å². The summed E-state index contributed by atoms with van der Waals surface area (Å²) in [6.45, 7) is 3.88. The summed E-state index contributed by atoms with van der Waals surface area (Å²) in [6, 6.07) is 11.5. The third-order valence-electron chi connectivity index (χ3n) is 4.33. The normalized spacial score (nSPS) is 14.4. The van der Waals surface area contributed by atoms with Gasteiger partial charge in [0.25, 0.3) is 5.91 Å². The van der Waals surface area contributed by atoms with Gasteiger partial charge in [0.05, 0.1) is 5.39 Å². The minimum Gasteiger partial charge on any atom is -0.505 e. The lowest BCUT2D eigenvalue weighted by molar-refractivity contribution is 0.102. The van der Waals surface area contributed by atoms with Crippen LogP contribution in [0.5, 0.6) is 11.5 Å². The van der Waals surface area contributed by atoms with E-state index >= 15 is 0 Å². The van der Waals surface area contributed by atoms with Crippen molar-refractivity contribution in [1.29, 1.82) is 0 Å². The van der Waals surface area contributed by atoms with Crippen LogP contribution >= 0.6 is 0 Å². The second-order valence-electron chi connectivity index (χ2n) is 6.85. The number of hydrogen-bond donors (Lipinski definition) is 2. The van der Waals surface area contributed by atoms with E-state index < -0.39 is 17.1 Å². The third-order valence-corrected chi connectivity index (χ3v) is 4.33. The summed E-state index contributed by atoms with van der Waals surface area (Å²) >= 11 is 0. The highest BCUT2D eigenvalue weighted by Gasteiger charge is 2.23. The first-order chi connectivity index (χ1) is 12.8. The van der Waals surface area contributed by atoms with Gasteiger partial charge in [-0.25, -0.2) is 4.79 Å². The number of carbonyl (C=O) groups excluding carboxylic acids is 1. The minimum absolute atomic E-state index is 0.247. The van der Waals surface area contributed by atoms with Gasteiger partial charge in [0.1, 0.15) is 16.9 Å². The molecule has 0 bridgehead atoms. The monoisotopic (exact) mass is 363 g/mol. The Hall–Kier alpha value is -3.54. The van der Waals surface area contributed by atoms with Crippen LogP contribution in [0.25, 0.3) is 17.0 Å². The topological polar surface area (TPSA) is 88.8 Å². The summed E-state index contributed by atoms with van der Waals surface area (Å²) in [4.78, 5) is 24.8. The molecule has 1 aromatic heterocycles. The number of anilines is 1. The number of benzene rings is 2. The first-order valence-electron chi connectivity index (χ1n) is 8.42. The zero-order valence-corrected chi connectivity index (χ0v) is 14.8. The van der Waals surface area contributed by atoms with E-state index in [2.05, 4.69) is 5.32 Å². The lowest BCUT2D eigenvalue weighted by Gasteiger charge is -2.27. The Balaban J connectivity index is 1.68. The van der Waals surface area contributed by atoms with Crippen LogP contribution in [0.2, 0.25) is 0 Å². The SMILES string of the molecule is CC1(C)C=Cc2cc(C(=O)Nc3c(O)c4ccccc4oc3=O)ccc2O1. The van der Waals surface area contributed by atoms with Crippen molar-refractivity contribution in [1.82, 2.24) is 0 Å². The summed E-state index contributed by atoms with van der Waals surface area (Å²) in [6.07, 6.45) is 3.79. The molecule has 2 aromatic carbocycles. The fourth-order valence-corrected chi connectivity index (χ4v) is 2.95. The van der Waals surface area contributed by atoms with Crippen LogP contribution in [0.15, 0.2) is 57.8 Å². The first-order valence-corrected chi connectivity index (χ1v) is 8.42. The molecule has 0 radical (unpaired) electrons. The Morgan fingerprint density at radius 1 is 1.15 bits per heavy atom. The maximum atomic E-state index is 12.6. The highest BCUT2D eigenvalue weighted by molar-refractivity contribution is 6.06. The van der Waals surface area contributed by atoms with Crippen molar-refractivity contribution in [2.75, 3.05) is 5.32 Å². The fourth-order valence-electron chi connectivity index (χ4n) is 2.95. The molecule has 6 heteroatoms. The van der Waals surface area contributed by atoms with E-state index in [4.69, 9.17) is 9.15 Å². The average Bonchev–Trinajstić information content (AvgIpc) is 2.64. The average molecular weight is 363 g/mol. The van der Waals surface area contributed by atoms with Crippen LogP contribution in [-0.4, -0.2) is 16.6 Å². The number of fused-ring (bicyclic) bond motifs is 2. The molecule has 2 N–H and O–H groups in total. The second-order valence-corrected chi connectivity index (χ2v) is 6.85. The van der Waals surface area contributed by atoms with E-state index in [0.29, 0.717) is 16.7 Å². The Morgan fingerprint density at radius 3 is 2.74 bits per heavy atom. The molecule has 1 aliphatic heterocycles. The van der Waals surface area contributed by atoms with Crippen molar-refractivity contribution in [3.63, 3.8) is 0 Å². The summed E-state index contributed by atoms with van der Waals surface area (Å²) < 4.78 is 11.0. The van der Waals surface area contributed by atoms with Crippen LogP contribution in [0.4, 0.5) is 5.69 Å². The van der Waals surface area contributed by atoms with Gasteiger partial charge in [-0.15, -0.1) is 0 Å². The Kier molecular flexibility index (Phi) is 3.77. The molecule has 0 unspecified atom stereocenters. The molecule has 0 saturated carbocycles. The maximum absolute atomic E-state index is 12.6. The molecule has 0 fully saturated rings. The predicted molar refractivity (Wildman–Crippen MR) is 102 cm³/mol. The quantitative estimate of drug-likeness (QED) is 0.673. The summed E-state index contributed by atoms with van der Waals surface area (Å²) in [5, 5.41) is 13.2. The number of hydrogen-bond acceptors (Lipinski definition) is 5. The summed E-state index contributed by atoms with van der Waals surface area (Å²) in [5.41, 5.74) is -0.180. The highest BCUT2D eigenvalue weighted by Crippen LogP contribution is 2.32. The van der Waals surface area contributed by atoms with Gasteiger partial charge in [0.15, 0.2) is 11.4 Å². The number of carbonyl (C=O) groups is 1. The van der Waals surface area contributed by atoms with Gasteiger partial charge in [-0.3, -0.25) is 4.79 Å². The van der Waals surface area contributed by atoms with Gasteiger partial charge in [0, 0.05) is 11.1 Å². The molecule has 0 atom stereocenters. The molecule has 4 rings (SSSR count). The van der Waals surface area contributed by atoms with Gasteiger partial charge >= 0.3 is 5.63 Å². The highest BCUT2D eigenvalue weighted by atomic mass is 16.5. The van der Waals surface area contributed by atoms with Crippen LogP contribution in [0.3, 0.4) is 0 Å². The van der Waals surface area contributed by atoms with Crippen LogP contribution in [-0.2, 0) is 0 Å². The molecule has 1 amide bonds. The zero-order chi connectivity index (χ0) is 19.2. The largest absolute Gasteiger partial charge is 0.505 e. The molecule has 0 spiro atoms. The van der Waals surface area contributed by atoms with Crippen LogP contribution in [0.1, 0.15) is 29.8 Å². The van der Waals surface area contributed by atoms with Crippen molar-refractivity contribution in [2.24, 2.45) is 0 Å². The second kappa shape index (κ2) is 6.02. The van der Waals surface area contributed by atoms with E-state index in [1.54, 1.807) is 42.5 Å². The lowest BCUT2D eigenvalue weighted by Crippen LogP contribution is -2.27. The van der Waals surface area contributed by atoms with Gasteiger partial charge in [-0.05, 0) is 50.3 Å². The molecule has 0 aliphatic carbocycles. The molecule has 6 nitrogen and oxygen atoms in total. The fraction of sp³-hybridized carbons (Fsp3) is 0.143. The van der Waals surface area contributed by atoms with Crippen LogP contribution < -0.4 is 15.7 Å². The molecule has 136 valence electrons. The Bertz CT molecular complexity index is 1160. The van der Waals surface area contributed by atoms with Crippen molar-refractivity contribution >= 4 is 28.6 Å². The zero-order valence-electron chi connectivity index (χ0n) is 14.8. The number of aromatic hydroxyl groups is 1. The van der Waals surface area contributed by atoms with Crippen molar-refractivity contribution in [3.05, 3.63) is 70.1 Å².